The zero-order chi connectivity index (χ0) is 12.3. The second-order valence-corrected chi connectivity index (χ2v) is 4.18. The van der Waals surface area contributed by atoms with Gasteiger partial charge in [0.1, 0.15) is 0 Å². The lowest BCUT2D eigenvalue weighted by Gasteiger charge is -2.32. The Kier molecular flexibility index (Phi) is 3.93. The van der Waals surface area contributed by atoms with Crippen molar-refractivity contribution in [2.45, 2.75) is 6.10 Å². The summed E-state index contributed by atoms with van der Waals surface area (Å²) in [6.45, 7) is 3.09. The summed E-state index contributed by atoms with van der Waals surface area (Å²) in [5.74, 6) is -0.179. The normalized spacial score (nSPS) is 26.4. The molecule has 7 heteroatoms. The molecule has 0 aromatic rings. The minimum Gasteiger partial charge on any atom is -0.394 e. The predicted molar refractivity (Wildman–Crippen MR) is 58.4 cm³/mol. The molecule has 17 heavy (non-hydrogen) atoms. The second-order valence-electron chi connectivity index (χ2n) is 4.18. The molecule has 0 saturated carbocycles. The molecule has 2 rings (SSSR count). The molecule has 2 saturated heterocycles. The molecule has 3 amide bonds. The quantitative estimate of drug-likeness (QED) is 0.571. The van der Waals surface area contributed by atoms with E-state index < -0.39 is 0 Å². The molecule has 2 aliphatic rings. The van der Waals surface area contributed by atoms with Gasteiger partial charge in [-0.2, -0.15) is 0 Å². The van der Waals surface area contributed by atoms with Crippen LogP contribution in [0, 0.1) is 0 Å². The first-order chi connectivity index (χ1) is 8.20. The molecule has 2 fully saturated rings. The second kappa shape index (κ2) is 5.44. The molecular formula is C10H17N3O4. The largest absolute Gasteiger partial charge is 0.394 e. The first-order valence-electron chi connectivity index (χ1n) is 5.73. The monoisotopic (exact) mass is 243 g/mol. The molecule has 2 N–H and O–H groups in total. The summed E-state index contributed by atoms with van der Waals surface area (Å²) in [6, 6.07) is -0.318. The molecule has 1 atom stereocenters. The molecule has 0 aliphatic carbocycles. The van der Waals surface area contributed by atoms with E-state index in [1.807, 2.05) is 0 Å². The molecule has 0 bridgehead atoms. The lowest BCUT2D eigenvalue weighted by atomic mass is 10.3. The van der Waals surface area contributed by atoms with Crippen LogP contribution in [0.5, 0.6) is 0 Å². The van der Waals surface area contributed by atoms with Crippen LogP contribution in [0.3, 0.4) is 0 Å². The van der Waals surface area contributed by atoms with Crippen LogP contribution in [0.4, 0.5) is 4.79 Å². The van der Waals surface area contributed by atoms with Crippen LogP contribution < -0.4 is 5.32 Å². The van der Waals surface area contributed by atoms with Gasteiger partial charge in [0.2, 0.25) is 5.91 Å². The van der Waals surface area contributed by atoms with E-state index >= 15 is 0 Å². The van der Waals surface area contributed by atoms with E-state index in [-0.39, 0.29) is 31.2 Å². The Morgan fingerprint density at radius 2 is 2.24 bits per heavy atom. The maximum Gasteiger partial charge on any atom is 0.324 e. The van der Waals surface area contributed by atoms with E-state index in [9.17, 15) is 9.59 Å². The van der Waals surface area contributed by atoms with Gasteiger partial charge in [0.15, 0.2) is 0 Å². The Hall–Kier alpha value is -1.18. The Morgan fingerprint density at radius 3 is 2.88 bits per heavy atom. The van der Waals surface area contributed by atoms with Crippen molar-refractivity contribution in [2.75, 3.05) is 45.9 Å². The van der Waals surface area contributed by atoms with Crippen molar-refractivity contribution >= 4 is 11.9 Å². The van der Waals surface area contributed by atoms with Crippen molar-refractivity contribution < 1.29 is 19.4 Å². The van der Waals surface area contributed by atoms with Gasteiger partial charge in [-0.1, -0.05) is 0 Å². The summed E-state index contributed by atoms with van der Waals surface area (Å²) in [7, 11) is 0. The fourth-order valence-corrected chi connectivity index (χ4v) is 2.02. The predicted octanol–water partition coefficient (Wildman–Crippen LogP) is -1.77. The molecular weight excluding hydrogens is 226 g/mol. The van der Waals surface area contributed by atoms with Gasteiger partial charge >= 0.3 is 6.03 Å². The van der Waals surface area contributed by atoms with Crippen molar-refractivity contribution in [3.63, 3.8) is 0 Å². The van der Waals surface area contributed by atoms with Crippen LogP contribution in [-0.2, 0) is 9.53 Å². The van der Waals surface area contributed by atoms with E-state index in [1.165, 1.54) is 4.90 Å². The van der Waals surface area contributed by atoms with E-state index in [0.29, 0.717) is 26.2 Å². The molecule has 2 heterocycles. The Morgan fingerprint density at radius 1 is 1.41 bits per heavy atom. The summed E-state index contributed by atoms with van der Waals surface area (Å²) in [5.41, 5.74) is 0. The lowest BCUT2D eigenvalue weighted by molar-refractivity contribution is -0.125. The number of amides is 3. The number of aliphatic hydroxyl groups is 1. The van der Waals surface area contributed by atoms with Crippen LogP contribution in [0.1, 0.15) is 0 Å². The average molecular weight is 243 g/mol. The third kappa shape index (κ3) is 2.93. The van der Waals surface area contributed by atoms with E-state index in [0.717, 1.165) is 6.54 Å². The molecule has 0 aromatic heterocycles. The Bertz CT molecular complexity index is 294. The highest BCUT2D eigenvalue weighted by Crippen LogP contribution is 2.05. The highest BCUT2D eigenvalue weighted by molar-refractivity contribution is 6.01. The van der Waals surface area contributed by atoms with Gasteiger partial charge in [0.25, 0.3) is 0 Å². The highest BCUT2D eigenvalue weighted by atomic mass is 16.5. The topological polar surface area (TPSA) is 82.1 Å². The van der Waals surface area contributed by atoms with Crippen molar-refractivity contribution in [1.82, 2.24) is 15.1 Å². The number of imide groups is 1. The summed E-state index contributed by atoms with van der Waals surface area (Å²) in [6.07, 6.45) is -0.160. The molecule has 0 spiro atoms. The minimum absolute atomic E-state index is 0.000366. The summed E-state index contributed by atoms with van der Waals surface area (Å²) in [5, 5.41) is 11.5. The van der Waals surface area contributed by atoms with E-state index in [1.54, 1.807) is 0 Å². The number of nitrogens with zero attached hydrogens (tertiary/aromatic N) is 2. The molecule has 2 aliphatic heterocycles. The summed E-state index contributed by atoms with van der Waals surface area (Å²) in [4.78, 5) is 25.9. The number of hydrogen-bond donors (Lipinski definition) is 2. The van der Waals surface area contributed by atoms with Crippen LogP contribution in [-0.4, -0.2) is 78.9 Å². The van der Waals surface area contributed by atoms with Crippen LogP contribution in [0.25, 0.3) is 0 Å². The van der Waals surface area contributed by atoms with Gasteiger partial charge in [-0.05, 0) is 0 Å². The summed E-state index contributed by atoms with van der Waals surface area (Å²) < 4.78 is 5.32. The van der Waals surface area contributed by atoms with Crippen molar-refractivity contribution in [1.29, 1.82) is 0 Å². The third-order valence-electron chi connectivity index (χ3n) is 3.00. The fourth-order valence-electron chi connectivity index (χ4n) is 2.02. The van der Waals surface area contributed by atoms with Crippen LogP contribution in [0.15, 0.2) is 0 Å². The van der Waals surface area contributed by atoms with Gasteiger partial charge < -0.3 is 15.2 Å². The first kappa shape index (κ1) is 12.3. The van der Waals surface area contributed by atoms with Gasteiger partial charge in [0, 0.05) is 26.2 Å². The molecule has 0 radical (unpaired) electrons. The average Bonchev–Trinajstić information content (AvgIpc) is 2.67. The smallest absolute Gasteiger partial charge is 0.324 e. The number of ether oxygens (including phenoxy) is 1. The molecule has 7 nitrogen and oxygen atoms in total. The maximum atomic E-state index is 11.3. The van der Waals surface area contributed by atoms with Crippen LogP contribution >= 0.6 is 0 Å². The third-order valence-corrected chi connectivity index (χ3v) is 3.00. The summed E-state index contributed by atoms with van der Waals surface area (Å²) >= 11 is 0. The lowest BCUT2D eigenvalue weighted by Crippen LogP contribution is -2.47. The van der Waals surface area contributed by atoms with Gasteiger partial charge in [-0.25, -0.2) is 4.79 Å². The van der Waals surface area contributed by atoms with Crippen LogP contribution in [0.2, 0.25) is 0 Å². The number of urea groups is 1. The standard InChI is InChI=1S/C10H17N3O4/c14-7-8-6-12(3-4-17-8)1-2-13-9(15)5-11-10(13)16/h8,14H,1-7H2,(H,11,16). The van der Waals surface area contributed by atoms with Crippen molar-refractivity contribution in [2.24, 2.45) is 0 Å². The zero-order valence-electron chi connectivity index (χ0n) is 9.59. The van der Waals surface area contributed by atoms with E-state index in [2.05, 4.69) is 10.2 Å². The number of hydrogen-bond acceptors (Lipinski definition) is 5. The first-order valence-corrected chi connectivity index (χ1v) is 5.73. The fraction of sp³-hybridized carbons (Fsp3) is 0.800. The number of rotatable bonds is 4. The number of carbonyl (C=O) groups excluding carboxylic acids is 2. The molecule has 96 valence electrons. The SMILES string of the molecule is O=C1CNC(=O)N1CCN1CCOC(CO)C1. The van der Waals surface area contributed by atoms with E-state index in [4.69, 9.17) is 9.84 Å². The maximum absolute atomic E-state index is 11.3. The van der Waals surface area contributed by atoms with Gasteiger partial charge in [-0.15, -0.1) is 0 Å². The molecule has 1 unspecified atom stereocenters. The number of nitrogens with one attached hydrogen (secondary N) is 1. The highest BCUT2D eigenvalue weighted by Gasteiger charge is 2.29. The van der Waals surface area contributed by atoms with Crippen molar-refractivity contribution in [3.05, 3.63) is 0 Å². The Balaban J connectivity index is 1.77. The Labute approximate surface area is 99.3 Å². The van der Waals surface area contributed by atoms with Gasteiger partial charge in [-0.3, -0.25) is 14.6 Å². The number of aliphatic hydroxyl groups excluding tert-OH is 1. The van der Waals surface area contributed by atoms with Crippen molar-refractivity contribution in [3.8, 4) is 0 Å². The minimum atomic E-state index is -0.318. The number of morpholine rings is 1. The number of carbonyl (C=O) groups is 2. The van der Waals surface area contributed by atoms with Gasteiger partial charge in [0.05, 0.1) is 25.9 Å². The molecule has 0 aromatic carbocycles. The zero-order valence-corrected chi connectivity index (χ0v) is 9.59.